The Bertz CT molecular complexity index is 706. The molecule has 0 saturated heterocycles. The molecule has 0 radical (unpaired) electrons. The van der Waals surface area contributed by atoms with E-state index < -0.39 is 0 Å². The topological polar surface area (TPSA) is 21.7 Å². The summed E-state index contributed by atoms with van der Waals surface area (Å²) in [6.07, 6.45) is 6.79. The molecule has 2 aromatic carbocycles. The average Bonchev–Trinajstić information content (AvgIpc) is 2.69. The molecule has 2 rings (SSSR count). The van der Waals surface area contributed by atoms with Crippen molar-refractivity contribution in [1.82, 2.24) is 0 Å². The normalized spacial score (nSPS) is 11.1. The fourth-order valence-corrected chi connectivity index (χ4v) is 2.82. The lowest BCUT2D eigenvalue weighted by Crippen LogP contribution is -2.17. The monoisotopic (exact) mass is 365 g/mol. The Morgan fingerprint density at radius 2 is 1.26 bits per heavy atom. The number of hydrogen-bond donors (Lipinski definition) is 0. The second-order valence-corrected chi connectivity index (χ2v) is 6.88. The first-order valence-electron chi connectivity index (χ1n) is 9.38. The quantitative estimate of drug-likeness (QED) is 0.471. The lowest BCUT2D eigenvalue weighted by Gasteiger charge is -2.24. The molecule has 0 spiro atoms. The van der Waals surface area contributed by atoms with Crippen LogP contribution in [0.4, 0.5) is 11.4 Å². The average molecular weight is 366 g/mol. The summed E-state index contributed by atoms with van der Waals surface area (Å²) in [5.74, 6) is 1.73. The maximum atomic E-state index is 5.29. The van der Waals surface area contributed by atoms with Crippen LogP contribution in [0.1, 0.15) is 33.6 Å². The fraction of sp³-hybridized carbons (Fsp3) is 0.333. The van der Waals surface area contributed by atoms with Crippen LogP contribution in [0.15, 0.2) is 71.8 Å². The first kappa shape index (κ1) is 20.6. The Morgan fingerprint density at radius 3 is 1.67 bits per heavy atom. The molecule has 0 aliphatic carbocycles. The highest BCUT2D eigenvalue weighted by Gasteiger charge is 2.09. The Balaban J connectivity index is 2.21. The summed E-state index contributed by atoms with van der Waals surface area (Å²) in [6, 6.07) is 16.4. The van der Waals surface area contributed by atoms with E-state index in [1.807, 2.05) is 24.3 Å². The van der Waals surface area contributed by atoms with Gasteiger partial charge in [0, 0.05) is 17.9 Å². The molecule has 0 aliphatic heterocycles. The highest BCUT2D eigenvalue weighted by molar-refractivity contribution is 5.65. The van der Waals surface area contributed by atoms with Gasteiger partial charge in [-0.15, -0.1) is 0 Å². The molecule has 0 N–H and O–H groups in total. The van der Waals surface area contributed by atoms with Gasteiger partial charge in [-0.2, -0.15) is 0 Å². The lowest BCUT2D eigenvalue weighted by atomic mass is 10.1. The van der Waals surface area contributed by atoms with E-state index in [2.05, 4.69) is 62.1 Å². The van der Waals surface area contributed by atoms with Crippen molar-refractivity contribution < 1.29 is 9.47 Å². The Hall–Kier alpha value is -2.68. The zero-order valence-corrected chi connectivity index (χ0v) is 17.2. The fourth-order valence-electron chi connectivity index (χ4n) is 2.82. The first-order chi connectivity index (χ1) is 13.0. The van der Waals surface area contributed by atoms with Crippen LogP contribution in [-0.2, 0) is 0 Å². The van der Waals surface area contributed by atoms with Gasteiger partial charge in [-0.1, -0.05) is 23.3 Å². The molecule has 3 heteroatoms. The smallest absolute Gasteiger partial charge is 0.119 e. The molecule has 0 amide bonds. The Kier molecular flexibility index (Phi) is 8.00. The Labute approximate surface area is 163 Å². The number of rotatable bonds is 9. The number of hydrogen-bond acceptors (Lipinski definition) is 3. The minimum absolute atomic E-state index is 0.819. The zero-order chi connectivity index (χ0) is 19.6. The standard InChI is InChI=1S/C24H31NO2/c1-19(2)7-6-8-20(3)17-18-25(21-9-13-23(26-4)14-10-21)22-11-15-24(27-5)16-12-22/h7,9-17H,6,8,18H2,1-5H3. The Morgan fingerprint density at radius 1 is 0.778 bits per heavy atom. The van der Waals surface area contributed by atoms with E-state index in [1.54, 1.807) is 14.2 Å². The minimum Gasteiger partial charge on any atom is -0.497 e. The zero-order valence-electron chi connectivity index (χ0n) is 17.2. The third-order valence-electron chi connectivity index (χ3n) is 4.48. The number of methoxy groups -OCH3 is 2. The van der Waals surface area contributed by atoms with Crippen molar-refractivity contribution in [1.29, 1.82) is 0 Å². The van der Waals surface area contributed by atoms with Gasteiger partial charge in [0.25, 0.3) is 0 Å². The summed E-state index contributed by atoms with van der Waals surface area (Å²) in [6.45, 7) is 7.32. The molecule has 2 aromatic rings. The molecule has 0 atom stereocenters. The summed E-state index contributed by atoms with van der Waals surface area (Å²) in [5.41, 5.74) is 5.05. The van der Waals surface area contributed by atoms with Crippen LogP contribution in [-0.4, -0.2) is 20.8 Å². The summed E-state index contributed by atoms with van der Waals surface area (Å²) in [7, 11) is 3.38. The number of benzene rings is 2. The molecule has 0 heterocycles. The van der Waals surface area contributed by atoms with Crippen LogP contribution >= 0.6 is 0 Å². The molecule has 0 aromatic heterocycles. The molecule has 0 fully saturated rings. The SMILES string of the molecule is COc1ccc(N(CC=C(C)CCC=C(C)C)c2ccc(OC)cc2)cc1. The van der Waals surface area contributed by atoms with Crippen molar-refractivity contribution in [2.24, 2.45) is 0 Å². The van der Waals surface area contributed by atoms with E-state index in [9.17, 15) is 0 Å². The molecular formula is C24H31NO2. The van der Waals surface area contributed by atoms with Crippen LogP contribution < -0.4 is 14.4 Å². The van der Waals surface area contributed by atoms with E-state index in [0.717, 1.165) is 42.3 Å². The molecule has 0 aliphatic rings. The maximum Gasteiger partial charge on any atom is 0.119 e. The van der Waals surface area contributed by atoms with Gasteiger partial charge in [-0.25, -0.2) is 0 Å². The maximum absolute atomic E-state index is 5.29. The van der Waals surface area contributed by atoms with Crippen molar-refractivity contribution in [3.63, 3.8) is 0 Å². The second-order valence-electron chi connectivity index (χ2n) is 6.88. The van der Waals surface area contributed by atoms with E-state index >= 15 is 0 Å². The predicted octanol–water partition coefficient (Wildman–Crippen LogP) is 6.53. The van der Waals surface area contributed by atoms with Gasteiger partial charge < -0.3 is 14.4 Å². The number of nitrogens with zero attached hydrogens (tertiary/aromatic N) is 1. The lowest BCUT2D eigenvalue weighted by molar-refractivity contribution is 0.415. The number of ether oxygens (including phenoxy) is 2. The molecule has 0 unspecified atom stereocenters. The van der Waals surface area contributed by atoms with E-state index in [0.29, 0.717) is 0 Å². The van der Waals surface area contributed by atoms with E-state index in [4.69, 9.17) is 9.47 Å². The molecule has 0 bridgehead atoms. The van der Waals surface area contributed by atoms with E-state index in [1.165, 1.54) is 11.1 Å². The molecule has 144 valence electrons. The first-order valence-corrected chi connectivity index (χ1v) is 9.38. The molecule has 3 nitrogen and oxygen atoms in total. The van der Waals surface area contributed by atoms with Crippen LogP contribution in [0.2, 0.25) is 0 Å². The van der Waals surface area contributed by atoms with Gasteiger partial charge in [0.1, 0.15) is 11.5 Å². The van der Waals surface area contributed by atoms with Crippen molar-refractivity contribution in [2.75, 3.05) is 25.7 Å². The number of allylic oxidation sites excluding steroid dienone is 3. The molecular weight excluding hydrogens is 334 g/mol. The highest BCUT2D eigenvalue weighted by atomic mass is 16.5. The predicted molar refractivity (Wildman–Crippen MR) is 115 cm³/mol. The summed E-state index contributed by atoms with van der Waals surface area (Å²) in [4.78, 5) is 2.29. The van der Waals surface area contributed by atoms with Crippen LogP contribution in [0.3, 0.4) is 0 Å². The van der Waals surface area contributed by atoms with Gasteiger partial charge in [0.05, 0.1) is 14.2 Å². The van der Waals surface area contributed by atoms with Crippen molar-refractivity contribution in [2.45, 2.75) is 33.6 Å². The molecule has 0 saturated carbocycles. The summed E-state index contributed by atoms with van der Waals surface area (Å²) >= 11 is 0. The van der Waals surface area contributed by atoms with Crippen molar-refractivity contribution in [3.05, 3.63) is 71.8 Å². The van der Waals surface area contributed by atoms with Crippen LogP contribution in [0.25, 0.3) is 0 Å². The second kappa shape index (κ2) is 10.5. The van der Waals surface area contributed by atoms with Gasteiger partial charge in [0.15, 0.2) is 0 Å². The third kappa shape index (κ3) is 6.52. The third-order valence-corrected chi connectivity index (χ3v) is 4.48. The summed E-state index contributed by atoms with van der Waals surface area (Å²) in [5, 5.41) is 0. The van der Waals surface area contributed by atoms with Crippen LogP contribution in [0, 0.1) is 0 Å². The van der Waals surface area contributed by atoms with Gasteiger partial charge in [-0.3, -0.25) is 0 Å². The summed E-state index contributed by atoms with van der Waals surface area (Å²) < 4.78 is 10.6. The van der Waals surface area contributed by atoms with E-state index in [-0.39, 0.29) is 0 Å². The number of anilines is 2. The van der Waals surface area contributed by atoms with Crippen molar-refractivity contribution in [3.8, 4) is 11.5 Å². The highest BCUT2D eigenvalue weighted by Crippen LogP contribution is 2.29. The van der Waals surface area contributed by atoms with Crippen molar-refractivity contribution >= 4 is 11.4 Å². The minimum atomic E-state index is 0.819. The van der Waals surface area contributed by atoms with Crippen LogP contribution in [0.5, 0.6) is 11.5 Å². The molecule has 27 heavy (non-hydrogen) atoms. The van der Waals surface area contributed by atoms with Gasteiger partial charge >= 0.3 is 0 Å². The largest absolute Gasteiger partial charge is 0.497 e. The van der Waals surface area contributed by atoms with Gasteiger partial charge in [0.2, 0.25) is 0 Å². The van der Waals surface area contributed by atoms with Gasteiger partial charge in [-0.05, 0) is 82.1 Å².